The van der Waals surface area contributed by atoms with Gasteiger partial charge in [0, 0.05) is 17.7 Å². The minimum atomic E-state index is -0.782. The number of hydrogen-bond donors (Lipinski definition) is 1. The SMILES string of the molecule is Nc1nc(=O)n(-c2cc(F)cc(F)c2)c2nc(C3CC3)ccc12. The third-order valence-electron chi connectivity index (χ3n) is 3.89. The highest BCUT2D eigenvalue weighted by atomic mass is 19.1. The van der Waals surface area contributed by atoms with E-state index in [1.165, 1.54) is 0 Å². The molecule has 0 amide bonds. The van der Waals surface area contributed by atoms with Crippen LogP contribution in [0.1, 0.15) is 24.5 Å². The summed E-state index contributed by atoms with van der Waals surface area (Å²) in [4.78, 5) is 20.5. The lowest BCUT2D eigenvalue weighted by molar-refractivity contribution is 0.581. The summed E-state index contributed by atoms with van der Waals surface area (Å²) < 4.78 is 28.1. The first kappa shape index (κ1) is 13.8. The Morgan fingerprint density at radius 2 is 1.78 bits per heavy atom. The Morgan fingerprint density at radius 1 is 1.09 bits per heavy atom. The zero-order valence-electron chi connectivity index (χ0n) is 12.0. The normalized spacial score (nSPS) is 14.3. The Kier molecular flexibility index (Phi) is 2.90. The molecule has 23 heavy (non-hydrogen) atoms. The van der Waals surface area contributed by atoms with Crippen LogP contribution in [0.2, 0.25) is 0 Å². The highest BCUT2D eigenvalue weighted by molar-refractivity contribution is 5.86. The van der Waals surface area contributed by atoms with E-state index in [9.17, 15) is 13.6 Å². The fraction of sp³-hybridized carbons (Fsp3) is 0.188. The molecule has 0 atom stereocenters. The number of rotatable bonds is 2. The molecule has 4 rings (SSSR count). The fourth-order valence-corrected chi connectivity index (χ4v) is 2.64. The van der Waals surface area contributed by atoms with E-state index in [0.717, 1.165) is 41.3 Å². The molecule has 116 valence electrons. The van der Waals surface area contributed by atoms with Crippen molar-refractivity contribution in [3.8, 4) is 5.69 Å². The summed E-state index contributed by atoms with van der Waals surface area (Å²) in [6.45, 7) is 0. The van der Waals surface area contributed by atoms with Crippen molar-refractivity contribution in [2.24, 2.45) is 0 Å². The number of anilines is 1. The maximum atomic E-state index is 13.5. The average Bonchev–Trinajstić information content (AvgIpc) is 3.30. The summed E-state index contributed by atoms with van der Waals surface area (Å²) in [5.74, 6) is -1.15. The van der Waals surface area contributed by atoms with Crippen molar-refractivity contribution < 1.29 is 8.78 Å². The largest absolute Gasteiger partial charge is 0.383 e. The first-order valence-corrected chi connectivity index (χ1v) is 7.18. The molecule has 0 aliphatic heterocycles. The molecule has 1 fully saturated rings. The zero-order valence-corrected chi connectivity index (χ0v) is 12.0. The molecule has 1 aliphatic rings. The summed E-state index contributed by atoms with van der Waals surface area (Å²) >= 11 is 0. The molecule has 0 bridgehead atoms. The number of nitrogens with two attached hydrogens (primary N) is 1. The number of benzene rings is 1. The molecule has 2 heterocycles. The lowest BCUT2D eigenvalue weighted by Crippen LogP contribution is -2.24. The van der Waals surface area contributed by atoms with Gasteiger partial charge < -0.3 is 5.73 Å². The van der Waals surface area contributed by atoms with Crippen LogP contribution in [-0.2, 0) is 0 Å². The standard InChI is InChI=1S/C16H12F2N4O/c17-9-5-10(18)7-11(6-9)22-15-12(14(19)21-16(22)23)3-4-13(20-15)8-1-2-8/h3-8H,1-2H2,(H2,19,21,23). The van der Waals surface area contributed by atoms with Crippen LogP contribution in [0.4, 0.5) is 14.6 Å². The van der Waals surface area contributed by atoms with Crippen LogP contribution in [0.15, 0.2) is 35.1 Å². The summed E-state index contributed by atoms with van der Waals surface area (Å²) in [6, 6.07) is 6.45. The summed E-state index contributed by atoms with van der Waals surface area (Å²) in [5, 5.41) is 0.471. The van der Waals surface area contributed by atoms with E-state index in [4.69, 9.17) is 5.73 Å². The second-order valence-electron chi connectivity index (χ2n) is 5.62. The van der Waals surface area contributed by atoms with Crippen molar-refractivity contribution in [2.45, 2.75) is 18.8 Å². The lowest BCUT2D eigenvalue weighted by atomic mass is 10.2. The van der Waals surface area contributed by atoms with Crippen molar-refractivity contribution in [1.82, 2.24) is 14.5 Å². The van der Waals surface area contributed by atoms with Crippen molar-refractivity contribution in [1.29, 1.82) is 0 Å². The molecule has 5 nitrogen and oxygen atoms in total. The Bertz CT molecular complexity index is 975. The highest BCUT2D eigenvalue weighted by Crippen LogP contribution is 2.39. The van der Waals surface area contributed by atoms with E-state index < -0.39 is 17.3 Å². The van der Waals surface area contributed by atoms with Crippen molar-refractivity contribution in [3.05, 3.63) is 58.1 Å². The van der Waals surface area contributed by atoms with Crippen molar-refractivity contribution in [2.75, 3.05) is 5.73 Å². The molecule has 7 heteroatoms. The van der Waals surface area contributed by atoms with Gasteiger partial charge in [-0.15, -0.1) is 0 Å². The maximum Gasteiger partial charge on any atom is 0.355 e. The number of nitrogen functional groups attached to an aromatic ring is 1. The molecule has 0 saturated heterocycles. The van der Waals surface area contributed by atoms with E-state index in [-0.39, 0.29) is 17.2 Å². The van der Waals surface area contributed by atoms with E-state index in [0.29, 0.717) is 11.3 Å². The summed E-state index contributed by atoms with van der Waals surface area (Å²) in [5.41, 5.74) is 6.21. The van der Waals surface area contributed by atoms with Crippen LogP contribution in [0.5, 0.6) is 0 Å². The van der Waals surface area contributed by atoms with Crippen LogP contribution < -0.4 is 11.4 Å². The van der Waals surface area contributed by atoms with E-state index in [2.05, 4.69) is 9.97 Å². The van der Waals surface area contributed by atoms with Gasteiger partial charge in [0.05, 0.1) is 11.1 Å². The number of pyridine rings is 1. The molecule has 2 N–H and O–H groups in total. The third kappa shape index (κ3) is 2.34. The third-order valence-corrected chi connectivity index (χ3v) is 3.89. The number of halogens is 2. The Labute approximate surface area is 129 Å². The smallest absolute Gasteiger partial charge is 0.355 e. The Balaban J connectivity index is 2.07. The lowest BCUT2D eigenvalue weighted by Gasteiger charge is -2.11. The van der Waals surface area contributed by atoms with Gasteiger partial charge in [-0.1, -0.05) is 0 Å². The fourth-order valence-electron chi connectivity index (χ4n) is 2.64. The second-order valence-corrected chi connectivity index (χ2v) is 5.62. The minimum Gasteiger partial charge on any atom is -0.383 e. The first-order chi connectivity index (χ1) is 11.0. The van der Waals surface area contributed by atoms with Crippen LogP contribution in [0.25, 0.3) is 16.7 Å². The van der Waals surface area contributed by atoms with Crippen LogP contribution in [0.3, 0.4) is 0 Å². The highest BCUT2D eigenvalue weighted by Gasteiger charge is 2.26. The first-order valence-electron chi connectivity index (χ1n) is 7.18. The molecule has 1 aliphatic carbocycles. The molecule has 0 radical (unpaired) electrons. The maximum absolute atomic E-state index is 13.5. The van der Waals surface area contributed by atoms with Gasteiger partial charge in [-0.05, 0) is 37.1 Å². The zero-order chi connectivity index (χ0) is 16.1. The van der Waals surface area contributed by atoms with E-state index in [1.54, 1.807) is 6.07 Å². The van der Waals surface area contributed by atoms with Crippen molar-refractivity contribution in [3.63, 3.8) is 0 Å². The molecule has 0 unspecified atom stereocenters. The van der Waals surface area contributed by atoms with Gasteiger partial charge in [-0.3, -0.25) is 0 Å². The summed E-state index contributed by atoms with van der Waals surface area (Å²) in [6.07, 6.45) is 2.08. The summed E-state index contributed by atoms with van der Waals surface area (Å²) in [7, 11) is 0. The van der Waals surface area contributed by atoms with Gasteiger partial charge in [0.15, 0.2) is 5.65 Å². The Morgan fingerprint density at radius 3 is 2.43 bits per heavy atom. The van der Waals surface area contributed by atoms with Crippen LogP contribution in [-0.4, -0.2) is 14.5 Å². The van der Waals surface area contributed by atoms with E-state index >= 15 is 0 Å². The van der Waals surface area contributed by atoms with Gasteiger partial charge >= 0.3 is 5.69 Å². The van der Waals surface area contributed by atoms with E-state index in [1.807, 2.05) is 6.07 Å². The van der Waals surface area contributed by atoms with Crippen LogP contribution in [0, 0.1) is 11.6 Å². The predicted octanol–water partition coefficient (Wildman–Crippen LogP) is 2.52. The number of hydrogen-bond acceptors (Lipinski definition) is 4. The van der Waals surface area contributed by atoms with Crippen molar-refractivity contribution >= 4 is 16.9 Å². The quantitative estimate of drug-likeness (QED) is 0.789. The molecule has 0 spiro atoms. The van der Waals surface area contributed by atoms with Gasteiger partial charge in [0.25, 0.3) is 0 Å². The van der Waals surface area contributed by atoms with Gasteiger partial charge in [0.2, 0.25) is 0 Å². The molecule has 3 aromatic rings. The number of nitrogens with zero attached hydrogens (tertiary/aromatic N) is 3. The van der Waals surface area contributed by atoms with Crippen LogP contribution >= 0.6 is 0 Å². The molecular formula is C16H12F2N4O. The topological polar surface area (TPSA) is 73.8 Å². The molecule has 2 aromatic heterocycles. The van der Waals surface area contributed by atoms with Gasteiger partial charge in [0.1, 0.15) is 17.5 Å². The average molecular weight is 314 g/mol. The monoisotopic (exact) mass is 314 g/mol. The predicted molar refractivity (Wildman–Crippen MR) is 81.4 cm³/mol. The molecule has 1 saturated carbocycles. The molecule has 1 aromatic carbocycles. The second kappa shape index (κ2) is 4.84. The number of aromatic nitrogens is 3. The van der Waals surface area contributed by atoms with Gasteiger partial charge in [-0.25, -0.2) is 23.1 Å². The molecular weight excluding hydrogens is 302 g/mol. The Hall–Kier alpha value is -2.83. The number of fused-ring (bicyclic) bond motifs is 1. The minimum absolute atomic E-state index is 0.0328. The van der Waals surface area contributed by atoms with Gasteiger partial charge in [-0.2, -0.15) is 4.98 Å².